The van der Waals surface area contributed by atoms with Crippen molar-refractivity contribution in [1.82, 2.24) is 10.2 Å². The molecule has 5 heteroatoms. The fourth-order valence-electron chi connectivity index (χ4n) is 4.03. The van der Waals surface area contributed by atoms with E-state index in [0.29, 0.717) is 23.6 Å². The van der Waals surface area contributed by atoms with Crippen molar-refractivity contribution in [2.45, 2.75) is 57.4 Å². The third kappa shape index (κ3) is 5.31. The summed E-state index contributed by atoms with van der Waals surface area (Å²) in [6.45, 7) is 2.11. The Hall–Kier alpha value is -1.88. The molecule has 0 radical (unpaired) electrons. The molecule has 2 aliphatic rings. The van der Waals surface area contributed by atoms with E-state index in [1.54, 1.807) is 6.07 Å². The quantitative estimate of drug-likeness (QED) is 0.849. The van der Waals surface area contributed by atoms with Crippen molar-refractivity contribution in [3.05, 3.63) is 29.8 Å². The van der Waals surface area contributed by atoms with Crippen molar-refractivity contribution < 1.29 is 9.59 Å². The summed E-state index contributed by atoms with van der Waals surface area (Å²) < 4.78 is 0. The average molecular weight is 357 g/mol. The topological polar surface area (TPSA) is 61.4 Å². The van der Waals surface area contributed by atoms with E-state index in [1.807, 2.05) is 18.2 Å². The minimum Gasteiger partial charge on any atom is -0.349 e. The van der Waals surface area contributed by atoms with Crippen molar-refractivity contribution in [2.75, 3.05) is 25.5 Å². The highest BCUT2D eigenvalue weighted by Crippen LogP contribution is 2.22. The molecule has 1 aliphatic heterocycles. The van der Waals surface area contributed by atoms with E-state index in [4.69, 9.17) is 0 Å². The van der Waals surface area contributed by atoms with Gasteiger partial charge < -0.3 is 15.5 Å². The van der Waals surface area contributed by atoms with Gasteiger partial charge in [-0.05, 0) is 63.9 Å². The van der Waals surface area contributed by atoms with Gasteiger partial charge in [0.2, 0.25) is 5.91 Å². The molecule has 2 amide bonds. The van der Waals surface area contributed by atoms with Crippen LogP contribution in [-0.2, 0) is 4.79 Å². The molecule has 142 valence electrons. The minimum atomic E-state index is -0.0768. The predicted molar refractivity (Wildman–Crippen MR) is 104 cm³/mol. The standard InChI is InChI=1S/C21H31N3O2/c1-24-13-11-16(12-14-24)15-20(25)23-19-10-6-5-9-18(19)21(26)22-17-7-3-2-4-8-17/h5-6,9-10,16-17H,2-4,7-8,11-15H2,1H3,(H,22,26)(H,23,25). The van der Waals surface area contributed by atoms with Gasteiger partial charge in [-0.2, -0.15) is 0 Å². The third-order valence-electron chi connectivity index (χ3n) is 5.70. The lowest BCUT2D eigenvalue weighted by Crippen LogP contribution is -2.36. The van der Waals surface area contributed by atoms with Gasteiger partial charge in [0.05, 0.1) is 11.3 Å². The zero-order valence-electron chi connectivity index (χ0n) is 15.8. The Balaban J connectivity index is 1.57. The molecule has 0 aromatic heterocycles. The molecular formula is C21H31N3O2. The zero-order valence-corrected chi connectivity index (χ0v) is 15.8. The highest BCUT2D eigenvalue weighted by Gasteiger charge is 2.22. The lowest BCUT2D eigenvalue weighted by Gasteiger charge is -2.28. The summed E-state index contributed by atoms with van der Waals surface area (Å²) in [6.07, 6.45) is 8.39. The summed E-state index contributed by atoms with van der Waals surface area (Å²) in [5.41, 5.74) is 1.19. The molecule has 5 nitrogen and oxygen atoms in total. The summed E-state index contributed by atoms with van der Waals surface area (Å²) in [4.78, 5) is 27.4. The number of carbonyl (C=O) groups excluding carboxylic acids is 2. The number of nitrogens with one attached hydrogen (secondary N) is 2. The molecule has 0 spiro atoms. The van der Waals surface area contributed by atoms with Crippen molar-refractivity contribution in [2.24, 2.45) is 5.92 Å². The van der Waals surface area contributed by atoms with Crippen LogP contribution in [0.2, 0.25) is 0 Å². The average Bonchev–Trinajstić information content (AvgIpc) is 2.65. The van der Waals surface area contributed by atoms with Crippen molar-refractivity contribution in [3.8, 4) is 0 Å². The number of hydrogen-bond donors (Lipinski definition) is 2. The van der Waals surface area contributed by atoms with E-state index in [1.165, 1.54) is 19.3 Å². The molecule has 0 atom stereocenters. The molecule has 2 fully saturated rings. The Morgan fingerprint density at radius 3 is 2.46 bits per heavy atom. The van der Waals surface area contributed by atoms with E-state index in [9.17, 15) is 9.59 Å². The largest absolute Gasteiger partial charge is 0.349 e. The molecule has 1 saturated carbocycles. The number of piperidine rings is 1. The van der Waals surface area contributed by atoms with Crippen LogP contribution in [0.1, 0.15) is 61.7 Å². The first-order valence-corrected chi connectivity index (χ1v) is 10.00. The van der Waals surface area contributed by atoms with Crippen molar-refractivity contribution >= 4 is 17.5 Å². The van der Waals surface area contributed by atoms with Crippen LogP contribution in [0.5, 0.6) is 0 Å². The van der Waals surface area contributed by atoms with Crippen LogP contribution in [0.15, 0.2) is 24.3 Å². The van der Waals surface area contributed by atoms with Crippen LogP contribution >= 0.6 is 0 Å². The number of anilines is 1. The van der Waals surface area contributed by atoms with Gasteiger partial charge in [0.15, 0.2) is 0 Å². The van der Waals surface area contributed by atoms with Gasteiger partial charge in [0.1, 0.15) is 0 Å². The van der Waals surface area contributed by atoms with E-state index in [0.717, 1.165) is 38.8 Å². The van der Waals surface area contributed by atoms with E-state index in [-0.39, 0.29) is 17.9 Å². The van der Waals surface area contributed by atoms with Gasteiger partial charge in [-0.1, -0.05) is 31.4 Å². The van der Waals surface area contributed by atoms with Gasteiger partial charge >= 0.3 is 0 Å². The number of amides is 2. The van der Waals surface area contributed by atoms with Crippen LogP contribution in [0.25, 0.3) is 0 Å². The number of benzene rings is 1. The first-order chi connectivity index (χ1) is 12.6. The van der Waals surface area contributed by atoms with Crippen molar-refractivity contribution in [1.29, 1.82) is 0 Å². The fraction of sp³-hybridized carbons (Fsp3) is 0.619. The van der Waals surface area contributed by atoms with Crippen molar-refractivity contribution in [3.63, 3.8) is 0 Å². The summed E-state index contributed by atoms with van der Waals surface area (Å²) >= 11 is 0. The second-order valence-corrected chi connectivity index (χ2v) is 7.85. The zero-order chi connectivity index (χ0) is 18.4. The van der Waals surface area contributed by atoms with E-state index < -0.39 is 0 Å². The van der Waals surface area contributed by atoms with E-state index in [2.05, 4.69) is 22.6 Å². The highest BCUT2D eigenvalue weighted by atomic mass is 16.2. The van der Waals surface area contributed by atoms with Crippen LogP contribution in [0.3, 0.4) is 0 Å². The van der Waals surface area contributed by atoms with Crippen LogP contribution in [0.4, 0.5) is 5.69 Å². The monoisotopic (exact) mass is 357 g/mol. The fourth-order valence-corrected chi connectivity index (χ4v) is 4.03. The van der Waals surface area contributed by atoms with Gasteiger partial charge in [-0.15, -0.1) is 0 Å². The van der Waals surface area contributed by atoms with Crippen LogP contribution < -0.4 is 10.6 Å². The molecule has 2 N–H and O–H groups in total. The number of likely N-dealkylation sites (tertiary alicyclic amines) is 1. The summed E-state index contributed by atoms with van der Waals surface area (Å²) in [5.74, 6) is 0.374. The SMILES string of the molecule is CN1CCC(CC(=O)Nc2ccccc2C(=O)NC2CCCCC2)CC1. The van der Waals surface area contributed by atoms with E-state index >= 15 is 0 Å². The molecule has 26 heavy (non-hydrogen) atoms. The van der Waals surface area contributed by atoms with Gasteiger partial charge in [-0.25, -0.2) is 0 Å². The second-order valence-electron chi connectivity index (χ2n) is 7.85. The van der Waals surface area contributed by atoms with Crippen LogP contribution in [-0.4, -0.2) is 42.9 Å². The number of nitrogens with zero attached hydrogens (tertiary/aromatic N) is 1. The van der Waals surface area contributed by atoms with Gasteiger partial charge in [0.25, 0.3) is 5.91 Å². The Labute approximate surface area is 156 Å². The molecule has 0 bridgehead atoms. The van der Waals surface area contributed by atoms with Gasteiger partial charge in [0, 0.05) is 12.5 Å². The molecular weight excluding hydrogens is 326 g/mol. The molecule has 1 aliphatic carbocycles. The Bertz CT molecular complexity index is 617. The first-order valence-electron chi connectivity index (χ1n) is 10.00. The predicted octanol–water partition coefficient (Wildman–Crippen LogP) is 3.42. The Morgan fingerprint density at radius 1 is 1.04 bits per heavy atom. The highest BCUT2D eigenvalue weighted by molar-refractivity contribution is 6.03. The molecule has 1 heterocycles. The number of carbonyl (C=O) groups is 2. The summed E-state index contributed by atoms with van der Waals surface area (Å²) in [7, 11) is 2.12. The smallest absolute Gasteiger partial charge is 0.253 e. The number of para-hydroxylation sites is 1. The maximum absolute atomic E-state index is 12.7. The number of rotatable bonds is 5. The Kier molecular flexibility index (Phi) is 6.67. The first kappa shape index (κ1) is 18.9. The maximum atomic E-state index is 12.7. The lowest BCUT2D eigenvalue weighted by molar-refractivity contribution is -0.117. The molecule has 0 unspecified atom stereocenters. The molecule has 1 aromatic carbocycles. The summed E-state index contributed by atoms with van der Waals surface area (Å²) in [6, 6.07) is 7.59. The Morgan fingerprint density at radius 2 is 1.73 bits per heavy atom. The molecule has 3 rings (SSSR count). The second kappa shape index (κ2) is 9.17. The van der Waals surface area contributed by atoms with Gasteiger partial charge in [-0.3, -0.25) is 9.59 Å². The van der Waals surface area contributed by atoms with Crippen LogP contribution in [0, 0.1) is 5.92 Å². The third-order valence-corrected chi connectivity index (χ3v) is 5.70. The number of hydrogen-bond acceptors (Lipinski definition) is 3. The maximum Gasteiger partial charge on any atom is 0.253 e. The normalized spacial score (nSPS) is 19.9. The summed E-state index contributed by atoms with van der Waals surface area (Å²) in [5, 5.41) is 6.11. The lowest BCUT2D eigenvalue weighted by atomic mass is 9.93. The molecule has 1 aromatic rings. The minimum absolute atomic E-state index is 0.0115. The molecule has 1 saturated heterocycles.